The summed E-state index contributed by atoms with van der Waals surface area (Å²) in [4.78, 5) is 15.9. The molecule has 0 amide bonds. The van der Waals surface area contributed by atoms with E-state index in [1.54, 1.807) is 0 Å². The quantitative estimate of drug-likeness (QED) is 0.156. The number of allylic oxidation sites excluding steroid dienone is 4. The standard InChI is InChI=1S/C65H49N3/c1-64(2)55-25-15-13-22-47(55)49-33-31-44(35-57(49)64)52-37-54-53(45-32-34-50-48-23-14-16-26-56(48)65(3,4)58(50)36-45)38-59(66-62(54)51-24-12-11-21-46(51)52)42-27-29-43(30-28-42)63-67-60(40-17-7-5-8-18-40)39-61(68-63)41-19-9-6-10-20-41/h5-13,15-22,24-39H,14,23H2,1-4H3. The molecule has 3 heteroatoms. The van der Waals surface area contributed by atoms with E-state index in [1.807, 2.05) is 12.1 Å². The van der Waals surface area contributed by atoms with Crippen molar-refractivity contribution >= 4 is 27.2 Å². The van der Waals surface area contributed by atoms with Gasteiger partial charge in [-0.15, -0.1) is 0 Å². The van der Waals surface area contributed by atoms with Crippen LogP contribution in [0, 0.1) is 0 Å². The molecule has 3 aliphatic carbocycles. The van der Waals surface area contributed by atoms with Gasteiger partial charge in [0.25, 0.3) is 0 Å². The Kier molecular flexibility index (Phi) is 9.04. The van der Waals surface area contributed by atoms with Crippen molar-refractivity contribution in [3.05, 3.63) is 228 Å². The average Bonchev–Trinajstić information content (AvgIpc) is 3.77. The molecule has 3 nitrogen and oxygen atoms in total. The van der Waals surface area contributed by atoms with Crippen molar-refractivity contribution in [3.8, 4) is 78.5 Å². The van der Waals surface area contributed by atoms with Gasteiger partial charge in [0.2, 0.25) is 0 Å². The predicted molar refractivity (Wildman–Crippen MR) is 283 cm³/mol. The average molecular weight is 872 g/mol. The van der Waals surface area contributed by atoms with Crippen LogP contribution in [-0.2, 0) is 10.8 Å². The number of hydrogen-bond acceptors (Lipinski definition) is 3. The van der Waals surface area contributed by atoms with Crippen LogP contribution in [-0.4, -0.2) is 15.0 Å². The Morgan fingerprint density at radius 1 is 0.368 bits per heavy atom. The number of nitrogens with zero attached hydrogens (tertiary/aromatic N) is 3. The van der Waals surface area contributed by atoms with Crippen LogP contribution in [0.5, 0.6) is 0 Å². The number of aromatic nitrogens is 3. The molecule has 68 heavy (non-hydrogen) atoms. The Bertz CT molecular complexity index is 3700. The summed E-state index contributed by atoms with van der Waals surface area (Å²) in [7, 11) is 0. The maximum Gasteiger partial charge on any atom is 0.160 e. The molecule has 0 aliphatic heterocycles. The summed E-state index contributed by atoms with van der Waals surface area (Å²) < 4.78 is 0. The van der Waals surface area contributed by atoms with E-state index >= 15 is 0 Å². The summed E-state index contributed by atoms with van der Waals surface area (Å²) in [5, 5.41) is 3.49. The molecule has 3 aliphatic rings. The Labute approximate surface area is 398 Å². The zero-order valence-electron chi connectivity index (χ0n) is 38.8. The first-order valence-corrected chi connectivity index (χ1v) is 24.0. The lowest BCUT2D eigenvalue weighted by atomic mass is 9.79. The first kappa shape index (κ1) is 40.3. The summed E-state index contributed by atoms with van der Waals surface area (Å²) in [6.07, 6.45) is 6.91. The van der Waals surface area contributed by atoms with Crippen molar-refractivity contribution in [1.29, 1.82) is 0 Å². The Morgan fingerprint density at radius 2 is 0.897 bits per heavy atom. The molecule has 0 saturated carbocycles. The Morgan fingerprint density at radius 3 is 1.60 bits per heavy atom. The molecular formula is C65H49N3. The number of hydrogen-bond donors (Lipinski definition) is 0. The highest BCUT2D eigenvalue weighted by Gasteiger charge is 2.38. The van der Waals surface area contributed by atoms with E-state index in [1.165, 1.54) is 72.2 Å². The normalized spacial score (nSPS) is 15.1. The second kappa shape index (κ2) is 15.3. The molecule has 0 atom stereocenters. The van der Waals surface area contributed by atoms with E-state index in [2.05, 4.69) is 216 Å². The third-order valence-corrected chi connectivity index (χ3v) is 15.2. The largest absolute Gasteiger partial charge is 0.247 e. The molecule has 8 aromatic carbocycles. The molecule has 0 bridgehead atoms. The molecular weight excluding hydrogens is 823 g/mol. The second-order valence-corrected chi connectivity index (χ2v) is 19.8. The molecule has 13 rings (SSSR count). The predicted octanol–water partition coefficient (Wildman–Crippen LogP) is 16.9. The van der Waals surface area contributed by atoms with Crippen molar-refractivity contribution in [1.82, 2.24) is 15.0 Å². The number of rotatable bonds is 6. The molecule has 0 saturated heterocycles. The lowest BCUT2D eigenvalue weighted by molar-refractivity contribution is 0.651. The minimum Gasteiger partial charge on any atom is -0.247 e. The molecule has 10 aromatic rings. The molecule has 2 heterocycles. The molecule has 0 unspecified atom stereocenters. The van der Waals surface area contributed by atoms with Gasteiger partial charge in [-0.05, 0) is 115 Å². The maximum absolute atomic E-state index is 5.62. The van der Waals surface area contributed by atoms with Crippen molar-refractivity contribution in [2.75, 3.05) is 0 Å². The van der Waals surface area contributed by atoms with Crippen LogP contribution >= 0.6 is 0 Å². The highest BCUT2D eigenvalue weighted by atomic mass is 14.9. The van der Waals surface area contributed by atoms with Crippen LogP contribution in [0.15, 0.2) is 206 Å². The van der Waals surface area contributed by atoms with E-state index in [-0.39, 0.29) is 10.8 Å². The summed E-state index contributed by atoms with van der Waals surface area (Å²) in [6.45, 7) is 9.52. The Hall–Kier alpha value is -8.01. The maximum atomic E-state index is 5.62. The van der Waals surface area contributed by atoms with Crippen LogP contribution in [0.4, 0.5) is 0 Å². The molecule has 324 valence electrons. The first-order chi connectivity index (χ1) is 33.2. The van der Waals surface area contributed by atoms with Gasteiger partial charge in [0.1, 0.15) is 0 Å². The SMILES string of the molecule is CC1(C)C2=C(CCC=C2)c2ccc(-c3cc(-c4ccc(-c5nc(-c6ccccc6)cc(-c6ccccc6)n5)cc4)nc4c3cc(-c3ccc5c(c3)C(C)(C)c3ccccc3-5)c3ccccc34)cc21. The highest BCUT2D eigenvalue weighted by Crippen LogP contribution is 2.53. The van der Waals surface area contributed by atoms with Gasteiger partial charge in [-0.1, -0.05) is 198 Å². The van der Waals surface area contributed by atoms with Crippen molar-refractivity contribution in [2.45, 2.75) is 51.4 Å². The fourth-order valence-electron chi connectivity index (χ4n) is 11.6. The van der Waals surface area contributed by atoms with E-state index < -0.39 is 0 Å². The van der Waals surface area contributed by atoms with Gasteiger partial charge in [-0.25, -0.2) is 15.0 Å². The van der Waals surface area contributed by atoms with Crippen molar-refractivity contribution in [2.24, 2.45) is 0 Å². The second-order valence-electron chi connectivity index (χ2n) is 19.8. The highest BCUT2D eigenvalue weighted by molar-refractivity contribution is 6.16. The summed E-state index contributed by atoms with van der Waals surface area (Å²) >= 11 is 0. The van der Waals surface area contributed by atoms with E-state index in [0.717, 1.165) is 68.5 Å². The lowest BCUT2D eigenvalue weighted by Crippen LogP contribution is -2.16. The number of benzene rings is 8. The Balaban J connectivity index is 0.992. The third kappa shape index (κ3) is 6.29. The zero-order chi connectivity index (χ0) is 45.7. The zero-order valence-corrected chi connectivity index (χ0v) is 38.8. The lowest BCUT2D eigenvalue weighted by Gasteiger charge is -2.24. The summed E-state index contributed by atoms with van der Waals surface area (Å²) in [6, 6.07) is 68.4. The number of fused-ring (bicyclic) bond motifs is 8. The van der Waals surface area contributed by atoms with Crippen LogP contribution < -0.4 is 0 Å². The minimum atomic E-state index is -0.105. The van der Waals surface area contributed by atoms with E-state index in [9.17, 15) is 0 Å². The monoisotopic (exact) mass is 871 g/mol. The first-order valence-electron chi connectivity index (χ1n) is 24.0. The van der Waals surface area contributed by atoms with Gasteiger partial charge in [-0.3, -0.25) is 0 Å². The van der Waals surface area contributed by atoms with Crippen LogP contribution in [0.25, 0.3) is 106 Å². The third-order valence-electron chi connectivity index (χ3n) is 15.2. The smallest absolute Gasteiger partial charge is 0.160 e. The van der Waals surface area contributed by atoms with E-state index in [0.29, 0.717) is 5.82 Å². The van der Waals surface area contributed by atoms with Crippen molar-refractivity contribution < 1.29 is 0 Å². The fraction of sp³-hybridized carbons (Fsp3) is 0.123. The van der Waals surface area contributed by atoms with Gasteiger partial charge in [0.15, 0.2) is 5.82 Å². The molecule has 0 radical (unpaired) electrons. The topological polar surface area (TPSA) is 38.7 Å². The minimum absolute atomic E-state index is 0.0913. The van der Waals surface area contributed by atoms with Gasteiger partial charge in [0, 0.05) is 43.9 Å². The molecule has 0 spiro atoms. The van der Waals surface area contributed by atoms with Crippen LogP contribution in [0.2, 0.25) is 0 Å². The van der Waals surface area contributed by atoms with Crippen molar-refractivity contribution in [3.63, 3.8) is 0 Å². The van der Waals surface area contributed by atoms with Crippen LogP contribution in [0.1, 0.15) is 62.8 Å². The molecule has 0 fully saturated rings. The summed E-state index contributed by atoms with van der Waals surface area (Å²) in [5.41, 5.74) is 23.6. The van der Waals surface area contributed by atoms with E-state index in [4.69, 9.17) is 15.0 Å². The van der Waals surface area contributed by atoms with Gasteiger partial charge < -0.3 is 0 Å². The molecule has 0 N–H and O–H groups in total. The summed E-state index contributed by atoms with van der Waals surface area (Å²) in [5.74, 6) is 0.688. The molecule has 2 aromatic heterocycles. The fourth-order valence-corrected chi connectivity index (χ4v) is 11.6. The number of pyridine rings is 1. The van der Waals surface area contributed by atoms with Gasteiger partial charge in [0.05, 0.1) is 22.6 Å². The van der Waals surface area contributed by atoms with Gasteiger partial charge in [-0.2, -0.15) is 0 Å². The van der Waals surface area contributed by atoms with Gasteiger partial charge >= 0.3 is 0 Å². The van der Waals surface area contributed by atoms with Crippen LogP contribution in [0.3, 0.4) is 0 Å².